The zero-order valence-corrected chi connectivity index (χ0v) is 24.0. The van der Waals surface area contributed by atoms with Gasteiger partial charge in [0.25, 0.3) is 5.91 Å². The Kier molecular flexibility index (Phi) is 8.90. The van der Waals surface area contributed by atoms with E-state index in [2.05, 4.69) is 32.2 Å². The lowest BCUT2D eigenvalue weighted by Gasteiger charge is -2.35. The fourth-order valence-corrected chi connectivity index (χ4v) is 5.92. The van der Waals surface area contributed by atoms with Gasteiger partial charge in [-0.15, -0.1) is 0 Å². The maximum atomic E-state index is 12.5. The third-order valence-electron chi connectivity index (χ3n) is 7.32. The zero-order chi connectivity index (χ0) is 28.0. The monoisotopic (exact) mass is 581 g/mol. The first-order valence-corrected chi connectivity index (χ1v) is 15.0. The van der Waals surface area contributed by atoms with Crippen molar-refractivity contribution in [1.29, 1.82) is 0 Å². The molecule has 0 spiro atoms. The van der Waals surface area contributed by atoms with Crippen molar-refractivity contribution < 1.29 is 28.2 Å². The second-order valence-corrected chi connectivity index (χ2v) is 11.2. The topological polar surface area (TPSA) is 111 Å². The Labute approximate surface area is 243 Å². The average molecular weight is 582 g/mol. The van der Waals surface area contributed by atoms with E-state index in [0.29, 0.717) is 35.6 Å². The van der Waals surface area contributed by atoms with Gasteiger partial charge in [-0.3, -0.25) is 9.69 Å². The number of hydrogen-bond acceptors (Lipinski definition) is 11. The van der Waals surface area contributed by atoms with Crippen LogP contribution in [0, 0.1) is 0 Å². The minimum atomic E-state index is -0.227. The highest BCUT2D eigenvalue weighted by atomic mass is 32.2. The number of anilines is 1. The van der Waals surface area contributed by atoms with Crippen molar-refractivity contribution in [3.8, 4) is 11.5 Å². The summed E-state index contributed by atoms with van der Waals surface area (Å²) in [7, 11) is 1.66. The van der Waals surface area contributed by atoms with Crippen LogP contribution in [0.3, 0.4) is 0 Å². The van der Waals surface area contributed by atoms with Gasteiger partial charge in [0.1, 0.15) is 11.6 Å². The molecule has 41 heavy (non-hydrogen) atoms. The molecule has 6 rings (SSSR count). The quantitative estimate of drug-likeness (QED) is 0.265. The van der Waals surface area contributed by atoms with Crippen molar-refractivity contribution in [1.82, 2.24) is 20.2 Å². The maximum absolute atomic E-state index is 12.5. The summed E-state index contributed by atoms with van der Waals surface area (Å²) in [6.07, 6.45) is 2.10. The fraction of sp³-hybridized carbons (Fsp3) is 0.483. The summed E-state index contributed by atoms with van der Waals surface area (Å²) >= 11 is 1.48. The van der Waals surface area contributed by atoms with Gasteiger partial charge in [-0.1, -0.05) is 17.8 Å². The third-order valence-corrected chi connectivity index (χ3v) is 8.19. The van der Waals surface area contributed by atoms with Crippen molar-refractivity contribution in [3.63, 3.8) is 0 Å². The highest BCUT2D eigenvalue weighted by molar-refractivity contribution is 7.98. The first kappa shape index (κ1) is 27.8. The van der Waals surface area contributed by atoms with Crippen LogP contribution in [0.4, 0.5) is 5.82 Å². The molecule has 0 radical (unpaired) electrons. The molecule has 2 aromatic heterocycles. The second kappa shape index (κ2) is 13.1. The van der Waals surface area contributed by atoms with E-state index in [1.807, 2.05) is 18.2 Å². The first-order chi connectivity index (χ1) is 20.1. The molecule has 2 saturated heterocycles. The number of fused-ring (bicyclic) bond motifs is 1. The second-order valence-electron chi connectivity index (χ2n) is 10.3. The lowest BCUT2D eigenvalue weighted by Crippen LogP contribution is -2.46. The number of carbonyl (C=O) groups is 1. The highest BCUT2D eigenvalue weighted by Crippen LogP contribution is 2.33. The first-order valence-electron chi connectivity index (χ1n) is 14.0. The number of piperazine rings is 1. The number of nitrogens with zero attached hydrogens (tertiary/aromatic N) is 4. The van der Waals surface area contributed by atoms with Gasteiger partial charge in [-0.2, -0.15) is 0 Å². The number of nitrogens with one attached hydrogen (secondary N) is 1. The Morgan fingerprint density at radius 3 is 2.80 bits per heavy atom. The Hall–Kier alpha value is -3.32. The number of amides is 1. The van der Waals surface area contributed by atoms with Crippen LogP contribution < -0.4 is 19.7 Å². The number of hydrogen-bond donors (Lipinski definition) is 1. The predicted molar refractivity (Wildman–Crippen MR) is 152 cm³/mol. The number of ether oxygens (including phenoxy) is 4. The van der Waals surface area contributed by atoms with Crippen molar-refractivity contribution in [2.75, 3.05) is 58.1 Å². The number of carbonyl (C=O) groups excluding carboxylic acids is 1. The molecule has 1 unspecified atom stereocenters. The molecular formula is C29H35N5O6S. The third kappa shape index (κ3) is 7.13. The van der Waals surface area contributed by atoms with E-state index in [0.717, 1.165) is 75.2 Å². The average Bonchev–Trinajstić information content (AvgIpc) is 3.78. The van der Waals surface area contributed by atoms with Crippen LogP contribution in [0.15, 0.2) is 46.0 Å². The normalized spacial score (nSPS) is 18.7. The SMILES string of the molecule is COCc1cc(N2CCN(Cc3ccc4c(c3)OCO4)CC2)nc(SCc2ccc(C(=O)NCC3CCCO3)o2)n1. The Balaban J connectivity index is 1.03. The molecular weight excluding hydrogens is 546 g/mol. The summed E-state index contributed by atoms with van der Waals surface area (Å²) in [6, 6.07) is 11.7. The Morgan fingerprint density at radius 2 is 1.98 bits per heavy atom. The van der Waals surface area contributed by atoms with Crippen molar-refractivity contribution in [2.24, 2.45) is 0 Å². The van der Waals surface area contributed by atoms with Crippen LogP contribution in [0.2, 0.25) is 0 Å². The van der Waals surface area contributed by atoms with Crippen LogP contribution in [-0.2, 0) is 28.4 Å². The van der Waals surface area contributed by atoms with Gasteiger partial charge in [-0.25, -0.2) is 9.97 Å². The minimum Gasteiger partial charge on any atom is -0.455 e. The highest BCUT2D eigenvalue weighted by Gasteiger charge is 2.22. The van der Waals surface area contributed by atoms with E-state index in [4.69, 9.17) is 28.3 Å². The van der Waals surface area contributed by atoms with Gasteiger partial charge in [0.05, 0.1) is 24.2 Å². The number of aromatic nitrogens is 2. The van der Waals surface area contributed by atoms with Crippen LogP contribution in [0.1, 0.15) is 40.4 Å². The smallest absolute Gasteiger partial charge is 0.287 e. The molecule has 0 bridgehead atoms. The van der Waals surface area contributed by atoms with Gasteiger partial charge >= 0.3 is 0 Å². The van der Waals surface area contributed by atoms with E-state index in [-0.39, 0.29) is 18.8 Å². The van der Waals surface area contributed by atoms with Gasteiger partial charge in [0, 0.05) is 59.1 Å². The maximum Gasteiger partial charge on any atom is 0.287 e. The standard InChI is InChI=1S/C29H35N5O6S/c1-36-17-21-14-27(34-10-8-33(9-11-34)16-20-4-6-24-26(13-20)39-19-38-24)32-29(31-21)41-18-23-5-7-25(40-23)28(35)30-15-22-3-2-12-37-22/h4-7,13-14,22H,2-3,8-12,15-19H2,1H3,(H,30,35). The molecule has 12 heteroatoms. The summed E-state index contributed by atoms with van der Waals surface area (Å²) in [5, 5.41) is 3.55. The summed E-state index contributed by atoms with van der Waals surface area (Å²) in [4.78, 5) is 26.7. The van der Waals surface area contributed by atoms with Crippen molar-refractivity contribution in [2.45, 2.75) is 43.0 Å². The molecule has 3 aliphatic rings. The number of benzene rings is 1. The molecule has 0 saturated carbocycles. The van der Waals surface area contributed by atoms with Crippen LogP contribution >= 0.6 is 11.8 Å². The van der Waals surface area contributed by atoms with Gasteiger partial charge in [0.15, 0.2) is 22.4 Å². The molecule has 218 valence electrons. The lowest BCUT2D eigenvalue weighted by atomic mass is 10.1. The van der Waals surface area contributed by atoms with Crippen LogP contribution in [0.25, 0.3) is 0 Å². The molecule has 5 heterocycles. The molecule has 1 aromatic carbocycles. The van der Waals surface area contributed by atoms with Crippen molar-refractivity contribution >= 4 is 23.5 Å². The number of methoxy groups -OCH3 is 1. The van der Waals surface area contributed by atoms with E-state index in [1.165, 1.54) is 17.3 Å². The minimum absolute atomic E-state index is 0.0905. The van der Waals surface area contributed by atoms with Crippen LogP contribution in [0.5, 0.6) is 11.5 Å². The predicted octanol–water partition coefficient (Wildman–Crippen LogP) is 3.47. The van der Waals surface area contributed by atoms with E-state index < -0.39 is 0 Å². The zero-order valence-electron chi connectivity index (χ0n) is 23.2. The molecule has 1 N–H and O–H groups in total. The van der Waals surface area contributed by atoms with Gasteiger partial charge in [0.2, 0.25) is 6.79 Å². The summed E-state index contributed by atoms with van der Waals surface area (Å²) in [5.41, 5.74) is 2.05. The molecule has 1 atom stereocenters. The Morgan fingerprint density at radius 1 is 1.10 bits per heavy atom. The summed E-state index contributed by atoms with van der Waals surface area (Å²) in [6.45, 7) is 6.38. The van der Waals surface area contributed by atoms with E-state index in [1.54, 1.807) is 13.2 Å². The summed E-state index contributed by atoms with van der Waals surface area (Å²) < 4.78 is 27.7. The summed E-state index contributed by atoms with van der Waals surface area (Å²) in [5.74, 6) is 3.80. The lowest BCUT2D eigenvalue weighted by molar-refractivity contribution is 0.0834. The molecule has 3 aromatic rings. The fourth-order valence-electron chi connectivity index (χ4n) is 5.15. The largest absolute Gasteiger partial charge is 0.455 e. The molecule has 3 aliphatic heterocycles. The van der Waals surface area contributed by atoms with Crippen molar-refractivity contribution in [3.05, 3.63) is 59.2 Å². The molecule has 0 aliphatic carbocycles. The number of rotatable bonds is 11. The van der Waals surface area contributed by atoms with E-state index >= 15 is 0 Å². The van der Waals surface area contributed by atoms with Gasteiger partial charge in [-0.05, 0) is 42.7 Å². The van der Waals surface area contributed by atoms with E-state index in [9.17, 15) is 4.79 Å². The van der Waals surface area contributed by atoms with Gasteiger partial charge < -0.3 is 33.6 Å². The molecule has 1 amide bonds. The molecule has 2 fully saturated rings. The number of furan rings is 1. The molecule has 11 nitrogen and oxygen atoms in total. The van der Waals surface area contributed by atoms with Crippen LogP contribution in [-0.4, -0.2) is 80.1 Å². The Bertz CT molecular complexity index is 1340. The number of thioether (sulfide) groups is 1.